The third-order valence-corrected chi connectivity index (χ3v) is 3.09. The molecule has 108 valence electrons. The van der Waals surface area contributed by atoms with Crippen LogP contribution in [-0.4, -0.2) is 10.5 Å². The quantitative estimate of drug-likeness (QED) is 0.875. The Morgan fingerprint density at radius 1 is 1.38 bits per heavy atom. The minimum atomic E-state index is -0.412. The Morgan fingerprint density at radius 2 is 2.05 bits per heavy atom. The average Bonchev–Trinajstić information content (AvgIpc) is 2.87. The van der Waals surface area contributed by atoms with Gasteiger partial charge in [-0.3, -0.25) is 0 Å². The Hall–Kier alpha value is -2.74. The van der Waals surface area contributed by atoms with Crippen LogP contribution in [0.1, 0.15) is 41.5 Å². The zero-order valence-corrected chi connectivity index (χ0v) is 12.0. The Balaban J connectivity index is 2.06. The second kappa shape index (κ2) is 6.14. The highest BCUT2D eigenvalue weighted by molar-refractivity contribution is 5.89. The van der Waals surface area contributed by atoms with Crippen LogP contribution in [0.3, 0.4) is 0 Å². The fourth-order valence-electron chi connectivity index (χ4n) is 1.99. The minimum Gasteiger partial charge on any atom is -0.456 e. The molecule has 0 aliphatic heterocycles. The Kier molecular flexibility index (Phi) is 4.29. The lowest BCUT2D eigenvalue weighted by atomic mass is 10.2. The van der Waals surface area contributed by atoms with Crippen LogP contribution < -0.4 is 5.73 Å². The lowest BCUT2D eigenvalue weighted by Crippen LogP contribution is -2.13. The van der Waals surface area contributed by atoms with Crippen molar-refractivity contribution in [2.45, 2.75) is 26.5 Å². The number of anilines is 1. The molecule has 1 aromatic carbocycles. The molecule has 5 nitrogen and oxygen atoms in total. The van der Waals surface area contributed by atoms with Crippen LogP contribution in [-0.2, 0) is 11.3 Å². The summed E-state index contributed by atoms with van der Waals surface area (Å²) in [5, 5.41) is 8.73. The number of hydrogen-bond acceptors (Lipinski definition) is 4. The second-order valence-electron chi connectivity index (χ2n) is 5.04. The van der Waals surface area contributed by atoms with Crippen LogP contribution in [0.2, 0.25) is 0 Å². The van der Waals surface area contributed by atoms with Gasteiger partial charge in [0.25, 0.3) is 0 Å². The van der Waals surface area contributed by atoms with Crippen LogP contribution in [0.15, 0.2) is 36.5 Å². The minimum absolute atomic E-state index is 0.125. The van der Waals surface area contributed by atoms with Gasteiger partial charge in [-0.2, -0.15) is 5.26 Å². The molecule has 0 atom stereocenters. The van der Waals surface area contributed by atoms with Crippen LogP contribution in [0.4, 0.5) is 5.69 Å². The summed E-state index contributed by atoms with van der Waals surface area (Å²) in [6.07, 6.45) is 1.73. The lowest BCUT2D eigenvalue weighted by Gasteiger charge is -2.12. The van der Waals surface area contributed by atoms with Crippen molar-refractivity contribution in [3.05, 3.63) is 53.3 Å². The molecule has 0 radical (unpaired) electrons. The maximum Gasteiger partial charge on any atom is 0.355 e. The van der Waals surface area contributed by atoms with Crippen molar-refractivity contribution in [1.82, 2.24) is 4.57 Å². The standard InChI is InChI=1S/C16H17N3O2/c1-11(2)19-9-14(18)7-15(19)16(20)21-10-13-5-3-12(8-17)4-6-13/h3-7,9,11H,10,18H2,1-2H3. The molecule has 0 amide bonds. The molecule has 21 heavy (non-hydrogen) atoms. The number of nitrogens with zero attached hydrogens (tertiary/aromatic N) is 2. The van der Waals surface area contributed by atoms with E-state index in [-0.39, 0.29) is 12.6 Å². The molecule has 0 spiro atoms. The van der Waals surface area contributed by atoms with Gasteiger partial charge in [0.1, 0.15) is 12.3 Å². The van der Waals surface area contributed by atoms with Gasteiger partial charge in [-0.05, 0) is 37.6 Å². The molecule has 0 unspecified atom stereocenters. The van der Waals surface area contributed by atoms with Crippen molar-refractivity contribution in [3.63, 3.8) is 0 Å². The zero-order chi connectivity index (χ0) is 15.4. The molecule has 2 N–H and O–H groups in total. The maximum absolute atomic E-state index is 12.1. The summed E-state index contributed by atoms with van der Waals surface area (Å²) in [5.74, 6) is -0.412. The third-order valence-electron chi connectivity index (χ3n) is 3.09. The van der Waals surface area contributed by atoms with Gasteiger partial charge < -0.3 is 15.0 Å². The van der Waals surface area contributed by atoms with Gasteiger partial charge in [0.05, 0.1) is 17.3 Å². The third kappa shape index (κ3) is 3.42. The zero-order valence-electron chi connectivity index (χ0n) is 12.0. The van der Waals surface area contributed by atoms with Gasteiger partial charge >= 0.3 is 5.97 Å². The normalized spacial score (nSPS) is 10.4. The number of nitriles is 1. The largest absolute Gasteiger partial charge is 0.456 e. The molecule has 5 heteroatoms. The molecule has 2 aromatic rings. The SMILES string of the molecule is CC(C)n1cc(N)cc1C(=O)OCc1ccc(C#N)cc1. The van der Waals surface area contributed by atoms with Crippen molar-refractivity contribution in [1.29, 1.82) is 5.26 Å². The van der Waals surface area contributed by atoms with Crippen molar-refractivity contribution in [2.75, 3.05) is 5.73 Å². The molecular weight excluding hydrogens is 266 g/mol. The van der Waals surface area contributed by atoms with E-state index in [9.17, 15) is 4.79 Å². The lowest BCUT2D eigenvalue weighted by molar-refractivity contribution is 0.0458. The highest BCUT2D eigenvalue weighted by Crippen LogP contribution is 2.18. The number of esters is 1. The van der Waals surface area contributed by atoms with E-state index in [0.717, 1.165) is 5.56 Å². The summed E-state index contributed by atoms with van der Waals surface area (Å²) in [7, 11) is 0. The fraction of sp³-hybridized carbons (Fsp3) is 0.250. The van der Waals surface area contributed by atoms with Crippen molar-refractivity contribution >= 4 is 11.7 Å². The molecule has 0 fully saturated rings. The summed E-state index contributed by atoms with van der Waals surface area (Å²) >= 11 is 0. The number of hydrogen-bond donors (Lipinski definition) is 1. The summed E-state index contributed by atoms with van der Waals surface area (Å²) in [5.41, 5.74) is 8.12. The molecule has 0 aliphatic rings. The average molecular weight is 283 g/mol. The summed E-state index contributed by atoms with van der Waals surface area (Å²) in [6.45, 7) is 4.10. The number of rotatable bonds is 4. The maximum atomic E-state index is 12.1. The van der Waals surface area contributed by atoms with E-state index in [4.69, 9.17) is 15.7 Å². The van der Waals surface area contributed by atoms with Gasteiger partial charge in [0.15, 0.2) is 0 Å². The fourth-order valence-corrected chi connectivity index (χ4v) is 1.99. The highest BCUT2D eigenvalue weighted by Gasteiger charge is 2.16. The number of carbonyl (C=O) groups excluding carboxylic acids is 1. The van der Waals surface area contributed by atoms with E-state index >= 15 is 0 Å². The smallest absolute Gasteiger partial charge is 0.355 e. The predicted molar refractivity (Wildman–Crippen MR) is 79.5 cm³/mol. The molecule has 0 saturated heterocycles. The van der Waals surface area contributed by atoms with Crippen molar-refractivity contribution < 1.29 is 9.53 Å². The van der Waals surface area contributed by atoms with Crippen LogP contribution in [0, 0.1) is 11.3 Å². The summed E-state index contributed by atoms with van der Waals surface area (Å²) < 4.78 is 7.08. The monoisotopic (exact) mass is 283 g/mol. The number of ether oxygens (including phenoxy) is 1. The number of carbonyl (C=O) groups is 1. The first-order chi connectivity index (χ1) is 10.0. The number of benzene rings is 1. The number of aromatic nitrogens is 1. The van der Waals surface area contributed by atoms with E-state index in [0.29, 0.717) is 16.9 Å². The molecule has 0 bridgehead atoms. The van der Waals surface area contributed by atoms with E-state index < -0.39 is 5.97 Å². The van der Waals surface area contributed by atoms with E-state index in [1.165, 1.54) is 0 Å². The molecule has 1 heterocycles. The first-order valence-corrected chi connectivity index (χ1v) is 6.64. The van der Waals surface area contributed by atoms with Gasteiger partial charge in [-0.15, -0.1) is 0 Å². The number of nitrogen functional groups attached to an aromatic ring is 1. The highest BCUT2D eigenvalue weighted by atomic mass is 16.5. The van der Waals surface area contributed by atoms with Crippen molar-refractivity contribution in [2.24, 2.45) is 0 Å². The van der Waals surface area contributed by atoms with E-state index in [1.54, 1.807) is 41.1 Å². The van der Waals surface area contributed by atoms with Crippen LogP contribution in [0.5, 0.6) is 0 Å². The molecular formula is C16H17N3O2. The summed E-state index contributed by atoms with van der Waals surface area (Å²) in [6, 6.07) is 10.7. The van der Waals surface area contributed by atoms with Gasteiger partial charge in [0.2, 0.25) is 0 Å². The predicted octanol–water partition coefficient (Wildman–Crippen LogP) is 2.88. The number of nitrogens with two attached hydrogens (primary N) is 1. The van der Waals surface area contributed by atoms with E-state index in [1.807, 2.05) is 19.9 Å². The first kappa shape index (κ1) is 14.7. The van der Waals surface area contributed by atoms with Gasteiger partial charge in [-0.1, -0.05) is 12.1 Å². The molecule has 1 aromatic heterocycles. The molecule has 0 saturated carbocycles. The van der Waals surface area contributed by atoms with Gasteiger partial charge in [0, 0.05) is 12.2 Å². The summed E-state index contributed by atoms with van der Waals surface area (Å²) in [4.78, 5) is 12.1. The topological polar surface area (TPSA) is 81.0 Å². The first-order valence-electron chi connectivity index (χ1n) is 6.64. The van der Waals surface area contributed by atoms with Crippen LogP contribution >= 0.6 is 0 Å². The second-order valence-corrected chi connectivity index (χ2v) is 5.04. The van der Waals surface area contributed by atoms with E-state index in [2.05, 4.69) is 0 Å². The Bertz CT molecular complexity index is 679. The van der Waals surface area contributed by atoms with Crippen molar-refractivity contribution in [3.8, 4) is 6.07 Å². The molecule has 2 rings (SSSR count). The Morgan fingerprint density at radius 3 is 2.62 bits per heavy atom. The van der Waals surface area contributed by atoms with Gasteiger partial charge in [-0.25, -0.2) is 4.79 Å². The Labute approximate surface area is 123 Å². The van der Waals surface area contributed by atoms with Crippen LogP contribution in [0.25, 0.3) is 0 Å². The molecule has 0 aliphatic carbocycles.